The van der Waals surface area contributed by atoms with E-state index in [-0.39, 0.29) is 25.7 Å². The monoisotopic (exact) mass is 1510 g/mol. The number of ether oxygens (including phenoxy) is 4. The zero-order valence-corrected chi connectivity index (χ0v) is 69.6. The summed E-state index contributed by atoms with van der Waals surface area (Å²) in [7, 11) is -9.93. The van der Waals surface area contributed by atoms with Crippen molar-refractivity contribution in [3.05, 3.63) is 0 Å². The van der Waals surface area contributed by atoms with Crippen molar-refractivity contribution >= 4 is 39.5 Å². The maximum absolute atomic E-state index is 13.1. The number of carbonyl (C=O) groups excluding carboxylic acids is 4. The van der Waals surface area contributed by atoms with E-state index in [1.54, 1.807) is 0 Å². The second-order valence-electron chi connectivity index (χ2n) is 31.6. The van der Waals surface area contributed by atoms with Gasteiger partial charge in [-0.25, -0.2) is 9.13 Å². The van der Waals surface area contributed by atoms with Gasteiger partial charge in [0.1, 0.15) is 19.3 Å². The van der Waals surface area contributed by atoms with Crippen LogP contribution in [0.4, 0.5) is 0 Å². The van der Waals surface area contributed by atoms with E-state index in [0.717, 1.165) is 108 Å². The highest BCUT2D eigenvalue weighted by Gasteiger charge is 2.30. The Morgan fingerprint density at radius 2 is 0.447 bits per heavy atom. The topological polar surface area (TPSA) is 237 Å². The van der Waals surface area contributed by atoms with Crippen molar-refractivity contribution in [2.45, 2.75) is 458 Å². The Bertz CT molecular complexity index is 1990. The minimum atomic E-state index is -4.97. The molecule has 0 aromatic rings. The molecule has 0 saturated heterocycles. The summed E-state index contributed by atoms with van der Waals surface area (Å²) < 4.78 is 68.8. The Labute approximate surface area is 632 Å². The molecule has 0 radical (unpaired) electrons. The van der Waals surface area contributed by atoms with Gasteiger partial charge < -0.3 is 33.8 Å². The van der Waals surface area contributed by atoms with Gasteiger partial charge in [0, 0.05) is 25.7 Å². The zero-order valence-electron chi connectivity index (χ0n) is 67.8. The van der Waals surface area contributed by atoms with Crippen molar-refractivity contribution in [1.82, 2.24) is 0 Å². The largest absolute Gasteiger partial charge is 0.472 e. The van der Waals surface area contributed by atoms with Gasteiger partial charge in [0.25, 0.3) is 0 Å². The molecule has 0 aromatic heterocycles. The number of rotatable bonds is 82. The highest BCUT2D eigenvalue weighted by atomic mass is 31.2. The number of phosphoric ester groups is 2. The molecule has 5 atom stereocenters. The fraction of sp³-hybridized carbons (Fsp3) is 0.952. The van der Waals surface area contributed by atoms with Crippen molar-refractivity contribution in [2.24, 2.45) is 17.8 Å². The molecular weight excluding hydrogens is 1340 g/mol. The van der Waals surface area contributed by atoms with Gasteiger partial charge in [0.15, 0.2) is 12.2 Å². The molecule has 0 fully saturated rings. The van der Waals surface area contributed by atoms with E-state index in [1.165, 1.54) is 250 Å². The van der Waals surface area contributed by atoms with Crippen LogP contribution in [0, 0.1) is 17.8 Å². The fourth-order valence-corrected chi connectivity index (χ4v) is 14.6. The number of carbonyl (C=O) groups is 4. The van der Waals surface area contributed by atoms with E-state index in [9.17, 15) is 43.2 Å². The average molecular weight is 1510 g/mol. The summed E-state index contributed by atoms with van der Waals surface area (Å²) in [6.07, 6.45) is 63.9. The molecule has 0 aromatic carbocycles. The van der Waals surface area contributed by atoms with Gasteiger partial charge in [-0.3, -0.25) is 37.3 Å². The second-order valence-corrected chi connectivity index (χ2v) is 34.6. The highest BCUT2D eigenvalue weighted by molar-refractivity contribution is 7.47. The van der Waals surface area contributed by atoms with E-state index in [4.69, 9.17) is 37.0 Å². The summed E-state index contributed by atoms with van der Waals surface area (Å²) in [4.78, 5) is 73.2. The normalized spacial score (nSPS) is 13.9. The molecular formula is C84H164O17P2. The lowest BCUT2D eigenvalue weighted by molar-refractivity contribution is -0.161. The summed E-state index contributed by atoms with van der Waals surface area (Å²) in [5.41, 5.74) is 0. The van der Waals surface area contributed by atoms with Crippen LogP contribution in [0.3, 0.4) is 0 Å². The van der Waals surface area contributed by atoms with Crippen LogP contribution in [-0.2, 0) is 65.4 Å². The minimum absolute atomic E-state index is 0.106. The molecule has 0 bridgehead atoms. The Morgan fingerprint density at radius 1 is 0.262 bits per heavy atom. The smallest absolute Gasteiger partial charge is 0.462 e. The predicted molar refractivity (Wildman–Crippen MR) is 423 cm³/mol. The summed E-state index contributed by atoms with van der Waals surface area (Å²) in [6, 6.07) is 0. The van der Waals surface area contributed by atoms with Gasteiger partial charge in [-0.05, 0) is 43.4 Å². The van der Waals surface area contributed by atoms with Crippen LogP contribution in [0.15, 0.2) is 0 Å². The maximum Gasteiger partial charge on any atom is 0.472 e. The molecule has 0 aliphatic rings. The third-order valence-corrected chi connectivity index (χ3v) is 21.5. The number of hydrogen-bond acceptors (Lipinski definition) is 15. The van der Waals surface area contributed by atoms with Crippen LogP contribution < -0.4 is 0 Å². The molecule has 0 aliphatic heterocycles. The molecule has 2 unspecified atom stereocenters. The van der Waals surface area contributed by atoms with Gasteiger partial charge in [-0.15, -0.1) is 0 Å². The highest BCUT2D eigenvalue weighted by Crippen LogP contribution is 2.45. The summed E-state index contributed by atoms with van der Waals surface area (Å²) in [5.74, 6) is 0.194. The third-order valence-electron chi connectivity index (χ3n) is 19.6. The second kappa shape index (κ2) is 74.2. The first-order chi connectivity index (χ1) is 49.7. The van der Waals surface area contributed by atoms with Crippen molar-refractivity contribution in [1.29, 1.82) is 0 Å². The first kappa shape index (κ1) is 101. The molecule has 3 N–H and O–H groups in total. The van der Waals surface area contributed by atoms with Crippen LogP contribution in [0.1, 0.15) is 440 Å². The number of unbranched alkanes of at least 4 members (excludes halogenated alkanes) is 50. The molecule has 0 spiro atoms. The standard InChI is InChI=1S/C84H164O17P2/c1-8-9-10-11-12-13-14-15-16-17-18-19-20-23-27-30-38-46-53-60-67-83(88)100-79(71-94-81(86)65-58-51-44-37-29-26-24-21-22-25-28-34-41-48-55-62-75(2)3)73-98-102(90,91)96-69-78(85)70-97-103(92,93)99-74-80(72-95-82(87)66-59-52-45-40-33-36-43-50-57-64-77(6)7)101-84(89)68-61-54-47-39-32-31-35-42-49-56-63-76(4)5/h75-80,85H,8-74H2,1-7H3,(H,90,91)(H,92,93)/t78-,79-,80-/m1/s1. The Hall–Kier alpha value is -1.94. The predicted octanol–water partition coefficient (Wildman–Crippen LogP) is 25.3. The average Bonchev–Trinajstić information content (AvgIpc) is 0.913. The molecule has 0 amide bonds. The Kier molecular flexibility index (Phi) is 72.8. The van der Waals surface area contributed by atoms with Crippen LogP contribution >= 0.6 is 15.6 Å². The lowest BCUT2D eigenvalue weighted by Gasteiger charge is -2.21. The molecule has 0 saturated carbocycles. The first-order valence-electron chi connectivity index (χ1n) is 43.3. The maximum atomic E-state index is 13.1. The van der Waals surface area contributed by atoms with Gasteiger partial charge >= 0.3 is 39.5 Å². The van der Waals surface area contributed by atoms with E-state index in [1.807, 2.05) is 0 Å². The summed E-state index contributed by atoms with van der Waals surface area (Å²) >= 11 is 0. The first-order valence-corrected chi connectivity index (χ1v) is 46.3. The fourth-order valence-electron chi connectivity index (χ4n) is 13.0. The van der Waals surface area contributed by atoms with E-state index >= 15 is 0 Å². The summed E-state index contributed by atoms with van der Waals surface area (Å²) in [6.45, 7) is 12.0. The third kappa shape index (κ3) is 78.0. The van der Waals surface area contributed by atoms with Crippen LogP contribution in [0.5, 0.6) is 0 Å². The van der Waals surface area contributed by atoms with E-state index in [2.05, 4.69) is 48.5 Å². The SMILES string of the molecule is CCCCCCCCCCCCCCCCCCCCCCC(=O)O[C@H](COC(=O)CCCCCCCCCCCCCCCCCC(C)C)COP(=O)(O)OC[C@@H](O)COP(=O)(O)OC[C@@H](COC(=O)CCCCCCCCCCCC(C)C)OC(=O)CCCCCCCCCCCCC(C)C. The van der Waals surface area contributed by atoms with Gasteiger partial charge in [-0.1, -0.05) is 389 Å². The van der Waals surface area contributed by atoms with E-state index in [0.29, 0.717) is 25.7 Å². The van der Waals surface area contributed by atoms with Crippen LogP contribution in [0.2, 0.25) is 0 Å². The molecule has 103 heavy (non-hydrogen) atoms. The molecule has 612 valence electrons. The van der Waals surface area contributed by atoms with Crippen molar-refractivity contribution in [2.75, 3.05) is 39.6 Å². The van der Waals surface area contributed by atoms with Gasteiger partial charge in [0.05, 0.1) is 26.4 Å². The molecule has 0 rings (SSSR count). The van der Waals surface area contributed by atoms with Crippen molar-refractivity contribution in [3.8, 4) is 0 Å². The number of esters is 4. The number of phosphoric acid groups is 2. The number of hydrogen-bond donors (Lipinski definition) is 3. The quantitative estimate of drug-likeness (QED) is 0.0222. The molecule has 19 heteroatoms. The number of aliphatic hydroxyl groups is 1. The van der Waals surface area contributed by atoms with Gasteiger partial charge in [0.2, 0.25) is 0 Å². The molecule has 17 nitrogen and oxygen atoms in total. The minimum Gasteiger partial charge on any atom is -0.462 e. The van der Waals surface area contributed by atoms with Crippen LogP contribution in [0.25, 0.3) is 0 Å². The Balaban J connectivity index is 5.25. The van der Waals surface area contributed by atoms with Crippen molar-refractivity contribution < 1.29 is 80.2 Å². The lowest BCUT2D eigenvalue weighted by Crippen LogP contribution is -2.30. The van der Waals surface area contributed by atoms with Crippen molar-refractivity contribution in [3.63, 3.8) is 0 Å². The zero-order chi connectivity index (χ0) is 75.8. The molecule has 0 heterocycles. The van der Waals surface area contributed by atoms with E-state index < -0.39 is 97.5 Å². The lowest BCUT2D eigenvalue weighted by atomic mass is 10.0. The van der Waals surface area contributed by atoms with Crippen LogP contribution in [-0.4, -0.2) is 96.7 Å². The summed E-state index contributed by atoms with van der Waals surface area (Å²) in [5, 5.41) is 10.7. The number of aliphatic hydroxyl groups excluding tert-OH is 1. The van der Waals surface area contributed by atoms with Gasteiger partial charge in [-0.2, -0.15) is 0 Å². The Morgan fingerprint density at radius 3 is 0.660 bits per heavy atom. The molecule has 0 aliphatic carbocycles.